The Labute approximate surface area is 157 Å². The molecule has 0 bridgehead atoms. The van der Waals surface area contributed by atoms with Gasteiger partial charge in [0.15, 0.2) is 0 Å². The number of morpholine rings is 1. The van der Waals surface area contributed by atoms with Crippen molar-refractivity contribution in [3.63, 3.8) is 0 Å². The van der Waals surface area contributed by atoms with Crippen LogP contribution in [0.15, 0.2) is 41.1 Å². The molecule has 7 heteroatoms. The number of ether oxygens (including phenoxy) is 1. The summed E-state index contributed by atoms with van der Waals surface area (Å²) >= 11 is 0. The molecule has 0 aliphatic carbocycles. The van der Waals surface area contributed by atoms with Crippen molar-refractivity contribution < 1.29 is 14.3 Å². The van der Waals surface area contributed by atoms with E-state index in [9.17, 15) is 5.11 Å². The Morgan fingerprint density at radius 3 is 2.70 bits per heavy atom. The van der Waals surface area contributed by atoms with Crippen LogP contribution in [0.5, 0.6) is 5.75 Å². The number of aromatic hydroxyl groups is 1. The van der Waals surface area contributed by atoms with Gasteiger partial charge in [-0.2, -0.15) is 0 Å². The van der Waals surface area contributed by atoms with Crippen molar-refractivity contribution in [2.45, 2.75) is 19.9 Å². The average Bonchev–Trinajstić information content (AvgIpc) is 3.20. The second-order valence-electron chi connectivity index (χ2n) is 6.55. The van der Waals surface area contributed by atoms with Crippen LogP contribution in [-0.4, -0.2) is 51.5 Å². The van der Waals surface area contributed by atoms with E-state index in [2.05, 4.69) is 20.1 Å². The molecule has 1 aliphatic heterocycles. The van der Waals surface area contributed by atoms with Gasteiger partial charge in [0.1, 0.15) is 5.75 Å². The summed E-state index contributed by atoms with van der Waals surface area (Å²) in [6.07, 6.45) is 4.08. The summed E-state index contributed by atoms with van der Waals surface area (Å²) in [5.41, 5.74) is 3.30. The number of pyridine rings is 1. The molecule has 1 aromatic carbocycles. The van der Waals surface area contributed by atoms with Gasteiger partial charge in [-0.25, -0.2) is 0 Å². The predicted molar refractivity (Wildman–Crippen MR) is 100 cm³/mol. The number of hydrogen-bond acceptors (Lipinski definition) is 7. The van der Waals surface area contributed by atoms with Gasteiger partial charge in [-0.3, -0.25) is 9.88 Å². The molecule has 27 heavy (non-hydrogen) atoms. The lowest BCUT2D eigenvalue weighted by Crippen LogP contribution is -2.35. The summed E-state index contributed by atoms with van der Waals surface area (Å²) in [5.74, 6) is 0.892. The van der Waals surface area contributed by atoms with Crippen LogP contribution in [0.3, 0.4) is 0 Å². The standard InChI is InChI=1S/C20H22N4O3/c1-2-15-10-14(13-24-6-8-26-9-7-24)11-17(18(15)25)20-23-22-19(27-20)16-4-3-5-21-12-16/h3-5,10-12,25H,2,6-9,13H2,1H3. The molecule has 4 rings (SSSR count). The van der Waals surface area contributed by atoms with E-state index in [1.54, 1.807) is 12.4 Å². The normalized spacial score (nSPS) is 15.1. The first-order valence-corrected chi connectivity index (χ1v) is 9.13. The van der Waals surface area contributed by atoms with E-state index in [4.69, 9.17) is 9.15 Å². The molecule has 0 unspecified atom stereocenters. The second-order valence-corrected chi connectivity index (χ2v) is 6.55. The highest BCUT2D eigenvalue weighted by Crippen LogP contribution is 2.35. The first-order valence-electron chi connectivity index (χ1n) is 9.13. The number of rotatable bonds is 5. The molecule has 0 spiro atoms. The summed E-state index contributed by atoms with van der Waals surface area (Å²) in [6.45, 7) is 6.14. The number of phenols is 1. The van der Waals surface area contributed by atoms with E-state index in [0.717, 1.165) is 56.0 Å². The number of hydrogen-bond donors (Lipinski definition) is 1. The fraction of sp³-hybridized carbons (Fsp3) is 0.350. The number of aromatic nitrogens is 3. The predicted octanol–water partition coefficient (Wildman–Crippen LogP) is 2.90. The molecule has 0 radical (unpaired) electrons. The van der Waals surface area contributed by atoms with Gasteiger partial charge in [-0.15, -0.1) is 10.2 Å². The summed E-state index contributed by atoms with van der Waals surface area (Å²) in [5, 5.41) is 18.9. The van der Waals surface area contributed by atoms with Gasteiger partial charge in [-0.05, 0) is 35.7 Å². The Hall–Kier alpha value is -2.77. The summed E-state index contributed by atoms with van der Waals surface area (Å²) < 4.78 is 11.2. The topological polar surface area (TPSA) is 84.5 Å². The second kappa shape index (κ2) is 7.85. The van der Waals surface area contributed by atoms with Gasteiger partial charge >= 0.3 is 0 Å². The third-order valence-electron chi connectivity index (χ3n) is 4.70. The molecule has 1 N–H and O–H groups in total. The molecule has 7 nitrogen and oxygen atoms in total. The molecule has 1 fully saturated rings. The van der Waals surface area contributed by atoms with Gasteiger partial charge in [0.2, 0.25) is 5.89 Å². The molecule has 0 atom stereocenters. The number of nitrogens with zero attached hydrogens (tertiary/aromatic N) is 4. The van der Waals surface area contributed by atoms with Crippen LogP contribution in [0.1, 0.15) is 18.1 Å². The lowest BCUT2D eigenvalue weighted by Gasteiger charge is -2.27. The smallest absolute Gasteiger partial charge is 0.251 e. The van der Waals surface area contributed by atoms with Crippen LogP contribution >= 0.6 is 0 Å². The van der Waals surface area contributed by atoms with Crippen molar-refractivity contribution in [1.82, 2.24) is 20.1 Å². The van der Waals surface area contributed by atoms with Crippen molar-refractivity contribution in [1.29, 1.82) is 0 Å². The largest absolute Gasteiger partial charge is 0.507 e. The fourth-order valence-electron chi connectivity index (χ4n) is 3.24. The van der Waals surface area contributed by atoms with Gasteiger partial charge in [-0.1, -0.05) is 13.0 Å². The lowest BCUT2D eigenvalue weighted by atomic mass is 10.0. The van der Waals surface area contributed by atoms with E-state index in [1.165, 1.54) is 0 Å². The van der Waals surface area contributed by atoms with Crippen LogP contribution in [0.2, 0.25) is 0 Å². The first-order chi connectivity index (χ1) is 13.2. The Kier molecular flexibility index (Phi) is 5.13. The highest BCUT2D eigenvalue weighted by Gasteiger charge is 2.19. The maximum atomic E-state index is 10.7. The minimum atomic E-state index is 0.199. The zero-order valence-corrected chi connectivity index (χ0v) is 15.3. The molecule has 1 aliphatic rings. The minimum absolute atomic E-state index is 0.199. The van der Waals surface area contributed by atoms with E-state index in [-0.39, 0.29) is 5.75 Å². The van der Waals surface area contributed by atoms with Gasteiger partial charge in [0.05, 0.1) is 24.3 Å². The highest BCUT2D eigenvalue weighted by molar-refractivity contribution is 5.67. The maximum Gasteiger partial charge on any atom is 0.251 e. The molecule has 140 valence electrons. The van der Waals surface area contributed by atoms with Gasteiger partial charge < -0.3 is 14.3 Å². The van der Waals surface area contributed by atoms with Crippen molar-refractivity contribution in [3.8, 4) is 28.7 Å². The van der Waals surface area contributed by atoms with E-state index in [1.807, 2.05) is 31.2 Å². The van der Waals surface area contributed by atoms with Crippen molar-refractivity contribution in [3.05, 3.63) is 47.8 Å². The summed E-state index contributed by atoms with van der Waals surface area (Å²) in [4.78, 5) is 6.42. The van der Waals surface area contributed by atoms with Gasteiger partial charge in [0.25, 0.3) is 5.89 Å². The number of phenolic OH excluding ortho intramolecular Hbond substituents is 1. The summed E-state index contributed by atoms with van der Waals surface area (Å²) in [7, 11) is 0. The number of benzene rings is 1. The molecule has 0 amide bonds. The Morgan fingerprint density at radius 2 is 1.96 bits per heavy atom. The quantitative estimate of drug-likeness (QED) is 0.743. The Bertz CT molecular complexity index is 905. The van der Waals surface area contributed by atoms with Crippen LogP contribution in [0.4, 0.5) is 0 Å². The fourth-order valence-corrected chi connectivity index (χ4v) is 3.24. The van der Waals surface area contributed by atoms with E-state index >= 15 is 0 Å². The molecule has 2 aromatic heterocycles. The molecular formula is C20H22N4O3. The SMILES string of the molecule is CCc1cc(CN2CCOCC2)cc(-c2nnc(-c3cccnc3)o2)c1O. The van der Waals surface area contributed by atoms with Gasteiger partial charge in [0, 0.05) is 32.0 Å². The monoisotopic (exact) mass is 366 g/mol. The molecular weight excluding hydrogens is 344 g/mol. The molecule has 3 aromatic rings. The van der Waals surface area contributed by atoms with Crippen molar-refractivity contribution in [2.24, 2.45) is 0 Å². The van der Waals surface area contributed by atoms with Crippen LogP contribution in [0, 0.1) is 0 Å². The van der Waals surface area contributed by atoms with Crippen LogP contribution in [0.25, 0.3) is 22.9 Å². The Morgan fingerprint density at radius 1 is 1.15 bits per heavy atom. The molecule has 0 saturated carbocycles. The van der Waals surface area contributed by atoms with Crippen LogP contribution in [-0.2, 0) is 17.7 Å². The maximum absolute atomic E-state index is 10.7. The Balaban J connectivity index is 1.67. The lowest BCUT2D eigenvalue weighted by molar-refractivity contribution is 0.0342. The van der Waals surface area contributed by atoms with Crippen molar-refractivity contribution >= 4 is 0 Å². The third kappa shape index (κ3) is 3.84. The minimum Gasteiger partial charge on any atom is -0.507 e. The zero-order chi connectivity index (χ0) is 18.6. The van der Waals surface area contributed by atoms with Crippen LogP contribution < -0.4 is 0 Å². The first kappa shape index (κ1) is 17.6. The summed E-state index contributed by atoms with van der Waals surface area (Å²) in [6, 6.07) is 7.66. The highest BCUT2D eigenvalue weighted by atomic mass is 16.5. The third-order valence-corrected chi connectivity index (χ3v) is 4.70. The zero-order valence-electron chi connectivity index (χ0n) is 15.3. The van der Waals surface area contributed by atoms with E-state index in [0.29, 0.717) is 17.3 Å². The average molecular weight is 366 g/mol. The number of aryl methyl sites for hydroxylation is 1. The molecule has 1 saturated heterocycles. The van der Waals surface area contributed by atoms with Crippen molar-refractivity contribution in [2.75, 3.05) is 26.3 Å². The van der Waals surface area contributed by atoms with E-state index < -0.39 is 0 Å². The molecule has 3 heterocycles.